The van der Waals surface area contributed by atoms with Crippen LogP contribution in [0.2, 0.25) is 0 Å². The van der Waals surface area contributed by atoms with Crippen LogP contribution >= 0.6 is 0 Å². The number of aromatic nitrogens is 1. The number of carboxylic acids is 2. The van der Waals surface area contributed by atoms with E-state index in [1.165, 1.54) is 16.8 Å². The molecule has 7 nitrogen and oxygen atoms in total. The van der Waals surface area contributed by atoms with Gasteiger partial charge in [0.25, 0.3) is 0 Å². The third kappa shape index (κ3) is 3.77. The number of piperazine rings is 1. The van der Waals surface area contributed by atoms with E-state index in [0.717, 1.165) is 18.6 Å². The monoisotopic (exact) mass is 421 g/mol. The van der Waals surface area contributed by atoms with Gasteiger partial charge in [0.2, 0.25) is 0 Å². The zero-order valence-electron chi connectivity index (χ0n) is 18.0. The van der Waals surface area contributed by atoms with Crippen LogP contribution in [0.3, 0.4) is 0 Å². The van der Waals surface area contributed by atoms with E-state index in [9.17, 15) is 19.8 Å². The Labute approximate surface area is 181 Å². The highest BCUT2D eigenvalue weighted by atomic mass is 16.4. The van der Waals surface area contributed by atoms with Crippen molar-refractivity contribution in [3.63, 3.8) is 0 Å². The number of rotatable bonds is 5. The van der Waals surface area contributed by atoms with Crippen molar-refractivity contribution in [2.75, 3.05) is 31.1 Å². The molecule has 0 unspecified atom stereocenters. The number of carbonyl (C=O) groups is 2. The molecule has 2 N–H and O–H groups in total. The van der Waals surface area contributed by atoms with E-state index < -0.39 is 18.0 Å². The van der Waals surface area contributed by atoms with Gasteiger partial charge in [0.15, 0.2) is 0 Å². The molecule has 1 aliphatic heterocycles. The molecule has 0 amide bonds. The molecule has 7 heteroatoms. The van der Waals surface area contributed by atoms with Crippen LogP contribution in [0.1, 0.15) is 33.1 Å². The zero-order valence-corrected chi connectivity index (χ0v) is 18.0. The molecule has 162 valence electrons. The molecule has 1 aromatic heterocycles. The van der Waals surface area contributed by atoms with Gasteiger partial charge in [-0.3, -0.25) is 9.69 Å². The van der Waals surface area contributed by atoms with E-state index in [0.29, 0.717) is 24.0 Å². The minimum Gasteiger partial charge on any atom is -0.480 e. The summed E-state index contributed by atoms with van der Waals surface area (Å²) in [6.45, 7) is 6.91. The average molecular weight is 421 g/mol. The van der Waals surface area contributed by atoms with Gasteiger partial charge in [-0.15, -0.1) is 0 Å². The highest BCUT2D eigenvalue weighted by Gasteiger charge is 2.33. The molecule has 1 fully saturated rings. The molecular weight excluding hydrogens is 394 g/mol. The van der Waals surface area contributed by atoms with E-state index in [2.05, 4.69) is 36.9 Å². The standard InChI is InChI=1S/C24H27N3O4/c1-15-5-4-6-20(16(15)2)26-9-11-27(12-10-26)22(24(30)31)19-14-25(3)21-8-7-17(23(28)29)13-18(19)21/h4-8,13-14,22H,9-12H2,1-3H3,(H,28,29)(H,30,31)/t22-/m1/s1. The number of benzene rings is 2. The number of aryl methyl sites for hydroxylation is 2. The molecular formula is C24H27N3O4. The van der Waals surface area contributed by atoms with Gasteiger partial charge in [-0.05, 0) is 49.2 Å². The van der Waals surface area contributed by atoms with Crippen molar-refractivity contribution < 1.29 is 19.8 Å². The number of anilines is 1. The van der Waals surface area contributed by atoms with Crippen molar-refractivity contribution in [3.05, 3.63) is 64.8 Å². The predicted octanol–water partition coefficient (Wildman–Crippen LogP) is 3.44. The maximum Gasteiger partial charge on any atom is 0.335 e. The second-order valence-electron chi connectivity index (χ2n) is 8.22. The normalized spacial score (nSPS) is 15.9. The maximum absolute atomic E-state index is 12.3. The number of hydrogen-bond acceptors (Lipinski definition) is 4. The highest BCUT2D eigenvalue weighted by Crippen LogP contribution is 2.33. The quantitative estimate of drug-likeness (QED) is 0.656. The van der Waals surface area contributed by atoms with Crippen molar-refractivity contribution in [3.8, 4) is 0 Å². The van der Waals surface area contributed by atoms with E-state index in [1.807, 2.05) is 22.7 Å². The number of hydrogen-bond donors (Lipinski definition) is 2. The van der Waals surface area contributed by atoms with Crippen molar-refractivity contribution >= 4 is 28.5 Å². The summed E-state index contributed by atoms with van der Waals surface area (Å²) in [5.74, 6) is -1.95. The van der Waals surface area contributed by atoms with Gasteiger partial charge < -0.3 is 19.7 Å². The van der Waals surface area contributed by atoms with Crippen LogP contribution in [0, 0.1) is 13.8 Å². The first-order valence-corrected chi connectivity index (χ1v) is 10.4. The summed E-state index contributed by atoms with van der Waals surface area (Å²) in [6.07, 6.45) is 1.81. The molecule has 31 heavy (non-hydrogen) atoms. The fraction of sp³-hybridized carbons (Fsp3) is 0.333. The minimum atomic E-state index is -1.02. The summed E-state index contributed by atoms with van der Waals surface area (Å²) >= 11 is 0. The lowest BCUT2D eigenvalue weighted by Gasteiger charge is -2.39. The Bertz CT molecular complexity index is 1160. The number of fused-ring (bicyclic) bond motifs is 1. The van der Waals surface area contributed by atoms with E-state index in [4.69, 9.17) is 0 Å². The molecule has 0 radical (unpaired) electrons. The maximum atomic E-state index is 12.3. The summed E-state index contributed by atoms with van der Waals surface area (Å²) in [5.41, 5.74) is 5.30. The second kappa shape index (κ2) is 8.07. The third-order valence-electron chi connectivity index (χ3n) is 6.39. The van der Waals surface area contributed by atoms with E-state index in [1.54, 1.807) is 18.2 Å². The summed E-state index contributed by atoms with van der Waals surface area (Å²) in [4.78, 5) is 28.1. The van der Waals surface area contributed by atoms with Crippen LogP contribution in [-0.4, -0.2) is 57.8 Å². The van der Waals surface area contributed by atoms with Gasteiger partial charge in [0.05, 0.1) is 5.56 Å². The van der Waals surface area contributed by atoms with Crippen molar-refractivity contribution in [2.24, 2.45) is 7.05 Å². The SMILES string of the molecule is Cc1cccc(N2CCN([C@@H](C(=O)O)c3cn(C)c4ccc(C(=O)O)cc34)CC2)c1C. The highest BCUT2D eigenvalue weighted by molar-refractivity contribution is 5.96. The van der Waals surface area contributed by atoms with Gasteiger partial charge in [0.1, 0.15) is 6.04 Å². The van der Waals surface area contributed by atoms with Gasteiger partial charge in [-0.2, -0.15) is 0 Å². The molecule has 1 saturated heterocycles. The third-order valence-corrected chi connectivity index (χ3v) is 6.39. The Kier molecular flexibility index (Phi) is 5.45. The molecule has 0 saturated carbocycles. The second-order valence-corrected chi connectivity index (χ2v) is 8.22. The van der Waals surface area contributed by atoms with E-state index >= 15 is 0 Å². The predicted molar refractivity (Wildman–Crippen MR) is 120 cm³/mol. The van der Waals surface area contributed by atoms with Gasteiger partial charge in [0, 0.05) is 61.6 Å². The van der Waals surface area contributed by atoms with E-state index in [-0.39, 0.29) is 5.56 Å². The topological polar surface area (TPSA) is 86.0 Å². The first-order valence-electron chi connectivity index (χ1n) is 10.4. The first-order chi connectivity index (χ1) is 14.8. The van der Waals surface area contributed by atoms with Crippen molar-refractivity contribution in [1.29, 1.82) is 0 Å². The first kappa shape index (κ1) is 20.9. The summed E-state index contributed by atoms with van der Waals surface area (Å²) in [7, 11) is 1.85. The lowest BCUT2D eigenvalue weighted by atomic mass is 10.0. The van der Waals surface area contributed by atoms with Gasteiger partial charge in [-0.25, -0.2) is 4.79 Å². The van der Waals surface area contributed by atoms with Crippen LogP contribution in [0.25, 0.3) is 10.9 Å². The molecule has 2 heterocycles. The Morgan fingerprint density at radius 2 is 1.71 bits per heavy atom. The lowest BCUT2D eigenvalue weighted by Crippen LogP contribution is -2.49. The Morgan fingerprint density at radius 1 is 1.00 bits per heavy atom. The molecule has 0 bridgehead atoms. The molecule has 3 aromatic rings. The van der Waals surface area contributed by atoms with Crippen LogP contribution in [0.5, 0.6) is 0 Å². The van der Waals surface area contributed by atoms with Crippen LogP contribution < -0.4 is 4.90 Å². The van der Waals surface area contributed by atoms with Crippen molar-refractivity contribution in [2.45, 2.75) is 19.9 Å². The van der Waals surface area contributed by atoms with Crippen molar-refractivity contribution in [1.82, 2.24) is 9.47 Å². The minimum absolute atomic E-state index is 0.156. The summed E-state index contributed by atoms with van der Waals surface area (Å²) in [5, 5.41) is 20.2. The number of aromatic carboxylic acids is 1. The molecule has 0 aliphatic carbocycles. The molecule has 2 aromatic carbocycles. The smallest absolute Gasteiger partial charge is 0.335 e. The fourth-order valence-corrected chi connectivity index (χ4v) is 4.56. The largest absolute Gasteiger partial charge is 0.480 e. The summed E-state index contributed by atoms with van der Waals surface area (Å²) in [6, 6.07) is 10.3. The Balaban J connectivity index is 1.64. The van der Waals surface area contributed by atoms with Gasteiger partial charge >= 0.3 is 11.9 Å². The number of carboxylic acid groups (broad SMARTS) is 2. The Hall–Kier alpha value is -3.32. The summed E-state index contributed by atoms with van der Waals surface area (Å²) < 4.78 is 1.86. The van der Waals surface area contributed by atoms with Crippen LogP contribution in [0.4, 0.5) is 5.69 Å². The Morgan fingerprint density at radius 3 is 2.35 bits per heavy atom. The molecule has 0 spiro atoms. The number of aliphatic carboxylic acids is 1. The van der Waals surface area contributed by atoms with Crippen LogP contribution in [0.15, 0.2) is 42.6 Å². The number of nitrogens with zero attached hydrogens (tertiary/aromatic N) is 3. The molecule has 1 aliphatic rings. The fourth-order valence-electron chi connectivity index (χ4n) is 4.56. The molecule has 1 atom stereocenters. The lowest BCUT2D eigenvalue weighted by molar-refractivity contribution is -0.143. The zero-order chi connectivity index (χ0) is 22.3. The average Bonchev–Trinajstić information content (AvgIpc) is 3.06. The van der Waals surface area contributed by atoms with Crippen LogP contribution in [-0.2, 0) is 11.8 Å². The van der Waals surface area contributed by atoms with Gasteiger partial charge in [-0.1, -0.05) is 12.1 Å². The molecule has 4 rings (SSSR count).